The molecule has 0 aromatic heterocycles. The van der Waals surface area contributed by atoms with Crippen molar-refractivity contribution in [2.45, 2.75) is 44.6 Å². The summed E-state index contributed by atoms with van der Waals surface area (Å²) < 4.78 is 0. The third kappa shape index (κ3) is 6.14. The molecule has 0 saturated heterocycles. The topological polar surface area (TPSA) is 12.0 Å². The number of hydrogen-bond acceptors (Lipinski definition) is 2. The van der Waals surface area contributed by atoms with Crippen LogP contribution in [0.4, 0.5) is 0 Å². The second kappa shape index (κ2) is 9.08. The van der Waals surface area contributed by atoms with Crippen molar-refractivity contribution in [3.8, 4) is 11.8 Å². The van der Waals surface area contributed by atoms with Crippen LogP contribution < -0.4 is 5.32 Å². The summed E-state index contributed by atoms with van der Waals surface area (Å²) >= 11 is 1.92. The Morgan fingerprint density at radius 3 is 2.61 bits per heavy atom. The molecule has 98 valence electrons. The lowest BCUT2D eigenvalue weighted by Crippen LogP contribution is -2.30. The molecule has 1 aromatic rings. The molecule has 18 heavy (non-hydrogen) atoms. The minimum absolute atomic E-state index is 0.558. The summed E-state index contributed by atoms with van der Waals surface area (Å²) in [6, 6.07) is 9.31. The number of rotatable bonds is 7. The summed E-state index contributed by atoms with van der Waals surface area (Å²) in [5, 5.41) is 3.53. The van der Waals surface area contributed by atoms with Gasteiger partial charge in [0, 0.05) is 23.1 Å². The van der Waals surface area contributed by atoms with E-state index in [1.807, 2.05) is 18.7 Å². The van der Waals surface area contributed by atoms with Crippen LogP contribution in [-0.2, 0) is 0 Å². The number of nitrogens with one attached hydrogen (secondary N) is 1. The van der Waals surface area contributed by atoms with Crippen LogP contribution in [0.1, 0.15) is 32.3 Å². The zero-order valence-electron chi connectivity index (χ0n) is 11.6. The van der Waals surface area contributed by atoms with E-state index in [2.05, 4.69) is 55.3 Å². The van der Waals surface area contributed by atoms with E-state index in [9.17, 15) is 0 Å². The van der Waals surface area contributed by atoms with Crippen LogP contribution in [0.25, 0.3) is 0 Å². The third-order valence-corrected chi connectivity index (χ3v) is 3.93. The van der Waals surface area contributed by atoms with Gasteiger partial charge in [-0.2, -0.15) is 0 Å². The first-order valence-electron chi connectivity index (χ1n) is 6.58. The van der Waals surface area contributed by atoms with Crippen LogP contribution in [-0.4, -0.2) is 18.3 Å². The normalized spacial score (nSPS) is 11.7. The highest BCUT2D eigenvalue weighted by molar-refractivity contribution is 7.99. The highest BCUT2D eigenvalue weighted by atomic mass is 32.2. The SMILES string of the molecule is CC#CCCC(CSc1ccc(C)cc1)NCC. The van der Waals surface area contributed by atoms with Gasteiger partial charge in [0.1, 0.15) is 0 Å². The fraction of sp³-hybridized carbons (Fsp3) is 0.500. The van der Waals surface area contributed by atoms with E-state index in [0.29, 0.717) is 6.04 Å². The zero-order valence-corrected chi connectivity index (χ0v) is 12.4. The van der Waals surface area contributed by atoms with Crippen molar-refractivity contribution in [3.05, 3.63) is 29.8 Å². The third-order valence-electron chi connectivity index (χ3n) is 2.76. The highest BCUT2D eigenvalue weighted by Gasteiger charge is 2.06. The minimum Gasteiger partial charge on any atom is -0.313 e. The van der Waals surface area contributed by atoms with E-state index in [4.69, 9.17) is 0 Å². The van der Waals surface area contributed by atoms with Crippen molar-refractivity contribution < 1.29 is 0 Å². The molecule has 1 atom stereocenters. The van der Waals surface area contributed by atoms with E-state index in [-0.39, 0.29) is 0 Å². The molecule has 1 rings (SSSR count). The number of benzene rings is 1. The maximum Gasteiger partial charge on any atom is 0.0170 e. The lowest BCUT2D eigenvalue weighted by Gasteiger charge is -2.16. The number of hydrogen-bond donors (Lipinski definition) is 1. The van der Waals surface area contributed by atoms with Crippen molar-refractivity contribution in [1.82, 2.24) is 5.32 Å². The minimum atomic E-state index is 0.558. The van der Waals surface area contributed by atoms with Gasteiger partial charge in [-0.05, 0) is 38.9 Å². The molecule has 0 aliphatic carbocycles. The molecule has 0 heterocycles. The van der Waals surface area contributed by atoms with Crippen LogP contribution in [0.2, 0.25) is 0 Å². The van der Waals surface area contributed by atoms with Gasteiger partial charge in [-0.15, -0.1) is 23.6 Å². The summed E-state index contributed by atoms with van der Waals surface area (Å²) in [6.45, 7) is 7.22. The van der Waals surface area contributed by atoms with Gasteiger partial charge in [-0.3, -0.25) is 0 Å². The van der Waals surface area contributed by atoms with Crippen LogP contribution >= 0.6 is 11.8 Å². The predicted molar refractivity (Wildman–Crippen MR) is 82.1 cm³/mol. The Morgan fingerprint density at radius 1 is 1.28 bits per heavy atom. The van der Waals surface area contributed by atoms with E-state index in [1.54, 1.807) is 0 Å². The van der Waals surface area contributed by atoms with Gasteiger partial charge in [0.2, 0.25) is 0 Å². The second-order valence-electron chi connectivity index (χ2n) is 4.34. The molecule has 0 saturated carbocycles. The van der Waals surface area contributed by atoms with Crippen molar-refractivity contribution in [3.63, 3.8) is 0 Å². The molecule has 0 aliphatic heterocycles. The lowest BCUT2D eigenvalue weighted by atomic mass is 10.2. The van der Waals surface area contributed by atoms with Crippen molar-refractivity contribution >= 4 is 11.8 Å². The number of aryl methyl sites for hydroxylation is 1. The van der Waals surface area contributed by atoms with E-state index in [1.165, 1.54) is 10.5 Å². The largest absolute Gasteiger partial charge is 0.313 e. The first-order chi connectivity index (χ1) is 8.76. The van der Waals surface area contributed by atoms with Gasteiger partial charge in [0.15, 0.2) is 0 Å². The molecular weight excluding hydrogens is 238 g/mol. The van der Waals surface area contributed by atoms with Crippen LogP contribution in [0.3, 0.4) is 0 Å². The highest BCUT2D eigenvalue weighted by Crippen LogP contribution is 2.20. The van der Waals surface area contributed by atoms with Gasteiger partial charge < -0.3 is 5.32 Å². The quantitative estimate of drug-likeness (QED) is 0.591. The first kappa shape index (κ1) is 15.1. The first-order valence-corrected chi connectivity index (χ1v) is 7.57. The molecule has 1 aromatic carbocycles. The molecule has 0 aliphatic rings. The Kier molecular flexibility index (Phi) is 7.64. The monoisotopic (exact) mass is 261 g/mol. The Bertz CT molecular complexity index is 386. The lowest BCUT2D eigenvalue weighted by molar-refractivity contribution is 0.545. The maximum atomic E-state index is 3.53. The molecule has 1 unspecified atom stereocenters. The van der Waals surface area contributed by atoms with Crippen molar-refractivity contribution in [2.24, 2.45) is 0 Å². The molecule has 0 fully saturated rings. The Labute approximate surface area is 116 Å². The molecule has 0 amide bonds. The van der Waals surface area contributed by atoms with Crippen LogP contribution in [0, 0.1) is 18.8 Å². The van der Waals surface area contributed by atoms with E-state index >= 15 is 0 Å². The molecule has 0 radical (unpaired) electrons. The van der Waals surface area contributed by atoms with Crippen LogP contribution in [0.15, 0.2) is 29.2 Å². The van der Waals surface area contributed by atoms with E-state index < -0.39 is 0 Å². The van der Waals surface area contributed by atoms with Gasteiger partial charge in [0.25, 0.3) is 0 Å². The summed E-state index contributed by atoms with van der Waals surface area (Å²) in [7, 11) is 0. The molecule has 1 N–H and O–H groups in total. The van der Waals surface area contributed by atoms with Gasteiger partial charge >= 0.3 is 0 Å². The van der Waals surface area contributed by atoms with Crippen LogP contribution in [0.5, 0.6) is 0 Å². The average molecular weight is 261 g/mol. The predicted octanol–water partition coefficient (Wildman–Crippen LogP) is 3.87. The van der Waals surface area contributed by atoms with Gasteiger partial charge in [-0.25, -0.2) is 0 Å². The second-order valence-corrected chi connectivity index (χ2v) is 5.44. The summed E-state index contributed by atoms with van der Waals surface area (Å²) in [5.74, 6) is 7.22. The zero-order chi connectivity index (χ0) is 13.2. The average Bonchev–Trinajstić information content (AvgIpc) is 2.38. The van der Waals surface area contributed by atoms with Gasteiger partial charge in [-0.1, -0.05) is 24.6 Å². The number of thioether (sulfide) groups is 1. The maximum absolute atomic E-state index is 3.53. The van der Waals surface area contributed by atoms with Gasteiger partial charge in [0.05, 0.1) is 0 Å². The Balaban J connectivity index is 2.39. The van der Waals surface area contributed by atoms with E-state index in [0.717, 1.165) is 25.1 Å². The molecule has 2 heteroatoms. The molecule has 0 spiro atoms. The fourth-order valence-corrected chi connectivity index (χ4v) is 2.74. The summed E-state index contributed by atoms with van der Waals surface area (Å²) in [5.41, 5.74) is 1.32. The molecular formula is C16H23NS. The fourth-order valence-electron chi connectivity index (χ4n) is 1.74. The smallest absolute Gasteiger partial charge is 0.0170 e. The standard InChI is InChI=1S/C16H23NS/c1-4-6-7-8-15(17-5-2)13-18-16-11-9-14(3)10-12-16/h9-12,15,17H,5,7-8,13H2,1-3H3. The van der Waals surface area contributed by atoms with Crippen molar-refractivity contribution in [2.75, 3.05) is 12.3 Å². The summed E-state index contributed by atoms with van der Waals surface area (Å²) in [6.07, 6.45) is 2.12. The molecule has 0 bridgehead atoms. The Morgan fingerprint density at radius 2 is 2.00 bits per heavy atom. The Hall–Kier alpha value is -0.910. The van der Waals surface area contributed by atoms with Crippen molar-refractivity contribution in [1.29, 1.82) is 0 Å². The summed E-state index contributed by atoms with van der Waals surface area (Å²) in [4.78, 5) is 1.35. The molecule has 1 nitrogen and oxygen atoms in total.